The minimum atomic E-state index is -2.92. The van der Waals surface area contributed by atoms with Crippen molar-refractivity contribution in [2.45, 2.75) is 19.3 Å². The van der Waals surface area contributed by atoms with Crippen LogP contribution in [0, 0.1) is 11.8 Å². The maximum Gasteiger partial charge on any atom is 0.211 e. The molecule has 2 unspecified atom stereocenters. The zero-order chi connectivity index (χ0) is 8.77. The summed E-state index contributed by atoms with van der Waals surface area (Å²) in [5.74, 6) is 1.30. The molecule has 0 aromatic heterocycles. The maximum atomic E-state index is 11.2. The molecule has 2 aliphatic rings. The molecule has 2 fully saturated rings. The number of rotatable bonds is 1. The Morgan fingerprint density at radius 2 is 1.67 bits per heavy atom. The minimum Gasteiger partial charge on any atom is -0.213 e. The van der Waals surface area contributed by atoms with Crippen molar-refractivity contribution in [2.24, 2.45) is 11.8 Å². The summed E-state index contributed by atoms with van der Waals surface area (Å²) >= 11 is 0. The van der Waals surface area contributed by atoms with Gasteiger partial charge in [-0.05, 0) is 31.1 Å². The molecule has 1 saturated heterocycles. The van der Waals surface area contributed by atoms with Gasteiger partial charge >= 0.3 is 0 Å². The van der Waals surface area contributed by atoms with Gasteiger partial charge in [0.1, 0.15) is 0 Å². The Labute approximate surface area is 73.8 Å². The fourth-order valence-electron chi connectivity index (χ4n) is 2.43. The lowest BCUT2D eigenvalue weighted by Gasteiger charge is -2.29. The maximum absolute atomic E-state index is 11.2. The Kier molecular flexibility index (Phi) is 1.92. The predicted octanol–water partition coefficient (Wildman–Crippen LogP) is 0.678. The van der Waals surface area contributed by atoms with Crippen molar-refractivity contribution in [3.8, 4) is 0 Å². The monoisotopic (exact) mass is 189 g/mol. The van der Waals surface area contributed by atoms with Crippen LogP contribution in [0.25, 0.3) is 0 Å². The van der Waals surface area contributed by atoms with Gasteiger partial charge in [-0.25, -0.2) is 12.7 Å². The molecule has 0 radical (unpaired) electrons. The number of nitrogens with zero attached hydrogens (tertiary/aromatic N) is 1. The van der Waals surface area contributed by atoms with Crippen LogP contribution >= 0.6 is 0 Å². The van der Waals surface area contributed by atoms with E-state index in [-0.39, 0.29) is 0 Å². The van der Waals surface area contributed by atoms with E-state index in [1.165, 1.54) is 25.5 Å². The van der Waals surface area contributed by atoms with Crippen molar-refractivity contribution < 1.29 is 8.42 Å². The van der Waals surface area contributed by atoms with Crippen LogP contribution in [0.4, 0.5) is 0 Å². The third-order valence-electron chi connectivity index (χ3n) is 3.04. The quantitative estimate of drug-likeness (QED) is 0.608. The number of fused-ring (bicyclic) bond motifs is 2. The fourth-order valence-corrected chi connectivity index (χ4v) is 3.39. The van der Waals surface area contributed by atoms with Crippen molar-refractivity contribution >= 4 is 10.0 Å². The van der Waals surface area contributed by atoms with E-state index in [4.69, 9.17) is 0 Å². The molecule has 0 spiro atoms. The lowest BCUT2D eigenvalue weighted by molar-refractivity contribution is 0.262. The molecule has 2 atom stereocenters. The molecule has 70 valence electrons. The second kappa shape index (κ2) is 2.70. The molecule has 2 rings (SSSR count). The first-order valence-corrected chi connectivity index (χ1v) is 6.35. The van der Waals surface area contributed by atoms with Crippen molar-refractivity contribution in [2.75, 3.05) is 19.3 Å². The molecular weight excluding hydrogens is 174 g/mol. The van der Waals surface area contributed by atoms with Gasteiger partial charge in [0, 0.05) is 13.1 Å². The summed E-state index contributed by atoms with van der Waals surface area (Å²) in [6, 6.07) is 0. The highest BCUT2D eigenvalue weighted by molar-refractivity contribution is 7.88. The largest absolute Gasteiger partial charge is 0.213 e. The SMILES string of the molecule is CS(=O)(=O)N1CC2CCC(C2)C1. The number of sulfonamides is 1. The average Bonchev–Trinajstić information content (AvgIpc) is 2.28. The lowest BCUT2D eigenvalue weighted by Crippen LogP contribution is -2.40. The van der Waals surface area contributed by atoms with E-state index in [0.29, 0.717) is 11.8 Å². The summed E-state index contributed by atoms with van der Waals surface area (Å²) in [5, 5.41) is 0. The Hall–Kier alpha value is -0.0900. The van der Waals surface area contributed by atoms with Crippen LogP contribution < -0.4 is 0 Å². The van der Waals surface area contributed by atoms with E-state index in [2.05, 4.69) is 0 Å². The van der Waals surface area contributed by atoms with Gasteiger partial charge in [0.25, 0.3) is 0 Å². The zero-order valence-electron chi connectivity index (χ0n) is 7.36. The highest BCUT2D eigenvalue weighted by Gasteiger charge is 2.36. The summed E-state index contributed by atoms with van der Waals surface area (Å²) in [6.07, 6.45) is 5.04. The molecule has 0 amide bonds. The molecule has 1 saturated carbocycles. The first-order valence-electron chi connectivity index (χ1n) is 4.51. The van der Waals surface area contributed by atoms with E-state index in [9.17, 15) is 8.42 Å². The fraction of sp³-hybridized carbons (Fsp3) is 1.00. The van der Waals surface area contributed by atoms with Crippen LogP contribution in [0.1, 0.15) is 19.3 Å². The molecule has 0 aromatic rings. The Balaban J connectivity index is 2.13. The van der Waals surface area contributed by atoms with Crippen LogP contribution in [0.15, 0.2) is 0 Å². The summed E-state index contributed by atoms with van der Waals surface area (Å²) < 4.78 is 24.1. The highest BCUT2D eigenvalue weighted by Crippen LogP contribution is 2.36. The van der Waals surface area contributed by atoms with Gasteiger partial charge in [-0.3, -0.25) is 0 Å². The second-order valence-electron chi connectivity index (χ2n) is 4.13. The molecule has 1 aliphatic carbocycles. The van der Waals surface area contributed by atoms with Crippen molar-refractivity contribution in [3.63, 3.8) is 0 Å². The van der Waals surface area contributed by atoms with Gasteiger partial charge in [-0.1, -0.05) is 0 Å². The molecule has 0 aromatic carbocycles. The summed E-state index contributed by atoms with van der Waals surface area (Å²) in [6.45, 7) is 1.55. The van der Waals surface area contributed by atoms with Gasteiger partial charge < -0.3 is 0 Å². The van der Waals surface area contributed by atoms with E-state index >= 15 is 0 Å². The third kappa shape index (κ3) is 1.50. The van der Waals surface area contributed by atoms with Gasteiger partial charge in [0.15, 0.2) is 0 Å². The van der Waals surface area contributed by atoms with E-state index in [1.807, 2.05) is 0 Å². The molecule has 2 bridgehead atoms. The molecule has 3 nitrogen and oxygen atoms in total. The van der Waals surface area contributed by atoms with Crippen LogP contribution in [0.3, 0.4) is 0 Å². The smallest absolute Gasteiger partial charge is 0.211 e. The van der Waals surface area contributed by atoms with Gasteiger partial charge in [0.05, 0.1) is 6.26 Å². The van der Waals surface area contributed by atoms with Crippen LogP contribution in [-0.4, -0.2) is 32.1 Å². The van der Waals surface area contributed by atoms with Gasteiger partial charge in [-0.2, -0.15) is 0 Å². The van der Waals surface area contributed by atoms with Crippen LogP contribution in [-0.2, 0) is 10.0 Å². The summed E-state index contributed by atoms with van der Waals surface area (Å²) in [5.41, 5.74) is 0. The zero-order valence-corrected chi connectivity index (χ0v) is 8.18. The molecule has 4 heteroatoms. The van der Waals surface area contributed by atoms with Gasteiger partial charge in [0.2, 0.25) is 10.0 Å². The number of hydrogen-bond donors (Lipinski definition) is 0. The minimum absolute atomic E-state index is 0.651. The van der Waals surface area contributed by atoms with Gasteiger partial charge in [-0.15, -0.1) is 0 Å². The molecule has 0 N–H and O–H groups in total. The Bertz CT molecular complexity index is 261. The summed E-state index contributed by atoms with van der Waals surface area (Å²) in [4.78, 5) is 0. The van der Waals surface area contributed by atoms with Crippen LogP contribution in [0.2, 0.25) is 0 Å². The standard InChI is InChI=1S/C8H15NO2S/c1-12(10,11)9-5-7-2-3-8(4-7)6-9/h7-8H,2-6H2,1H3. The Morgan fingerprint density at radius 1 is 1.17 bits per heavy atom. The van der Waals surface area contributed by atoms with E-state index in [1.54, 1.807) is 4.31 Å². The first-order chi connectivity index (χ1) is 5.55. The lowest BCUT2D eigenvalue weighted by atomic mass is 10.0. The number of piperidine rings is 1. The normalized spacial score (nSPS) is 37.1. The van der Waals surface area contributed by atoms with E-state index < -0.39 is 10.0 Å². The van der Waals surface area contributed by atoms with E-state index in [0.717, 1.165) is 13.1 Å². The van der Waals surface area contributed by atoms with Crippen molar-refractivity contribution in [1.82, 2.24) is 4.31 Å². The molecule has 1 aliphatic heterocycles. The van der Waals surface area contributed by atoms with Crippen molar-refractivity contribution in [1.29, 1.82) is 0 Å². The molecule has 1 heterocycles. The number of hydrogen-bond acceptors (Lipinski definition) is 2. The highest BCUT2D eigenvalue weighted by atomic mass is 32.2. The predicted molar refractivity (Wildman–Crippen MR) is 47.2 cm³/mol. The van der Waals surface area contributed by atoms with Crippen LogP contribution in [0.5, 0.6) is 0 Å². The summed E-state index contributed by atoms with van der Waals surface area (Å²) in [7, 11) is -2.92. The topological polar surface area (TPSA) is 37.4 Å². The van der Waals surface area contributed by atoms with Crippen molar-refractivity contribution in [3.05, 3.63) is 0 Å². The molecule has 12 heavy (non-hydrogen) atoms. The first kappa shape index (κ1) is 8.51. The Morgan fingerprint density at radius 3 is 2.08 bits per heavy atom. The average molecular weight is 189 g/mol. The third-order valence-corrected chi connectivity index (χ3v) is 4.28. The molecular formula is C8H15NO2S. The second-order valence-corrected chi connectivity index (χ2v) is 6.11.